The van der Waals surface area contributed by atoms with Crippen LogP contribution in [-0.4, -0.2) is 31.6 Å². The number of halogens is 1. The first kappa shape index (κ1) is 13.3. The average Bonchev–Trinajstić information content (AvgIpc) is 2.34. The van der Waals surface area contributed by atoms with Gasteiger partial charge in [-0.2, -0.15) is 0 Å². The molecule has 1 aromatic rings. The van der Waals surface area contributed by atoms with Crippen LogP contribution >= 0.6 is 22.6 Å². The molecule has 0 amide bonds. The Morgan fingerprint density at radius 2 is 1.88 bits per heavy atom. The van der Waals surface area contributed by atoms with Crippen LogP contribution in [-0.2, 0) is 6.54 Å². The molecule has 94 valence electrons. The van der Waals surface area contributed by atoms with E-state index in [9.17, 15) is 0 Å². The van der Waals surface area contributed by atoms with E-state index in [-0.39, 0.29) is 0 Å². The van der Waals surface area contributed by atoms with E-state index in [1.807, 2.05) is 0 Å². The summed E-state index contributed by atoms with van der Waals surface area (Å²) in [6.07, 6.45) is 2.69. The maximum atomic E-state index is 3.58. The number of likely N-dealkylation sites (tertiary alicyclic amines) is 1. The van der Waals surface area contributed by atoms with Crippen molar-refractivity contribution in [3.63, 3.8) is 0 Å². The molecular weight excluding hydrogens is 323 g/mol. The monoisotopic (exact) mass is 344 g/mol. The van der Waals surface area contributed by atoms with E-state index >= 15 is 0 Å². The highest BCUT2D eigenvalue weighted by Crippen LogP contribution is 2.15. The number of hydrogen-bond donors (Lipinski definition) is 1. The quantitative estimate of drug-likeness (QED) is 0.845. The Hall–Kier alpha value is -0.130. The Balaban J connectivity index is 1.67. The van der Waals surface area contributed by atoms with Gasteiger partial charge < -0.3 is 10.2 Å². The fraction of sp³-hybridized carbons (Fsp3) is 0.571. The zero-order valence-corrected chi connectivity index (χ0v) is 12.6. The van der Waals surface area contributed by atoms with Crippen LogP contribution in [0.4, 0.5) is 0 Å². The molecule has 3 heteroatoms. The molecule has 0 atom stereocenters. The maximum absolute atomic E-state index is 3.58. The summed E-state index contributed by atoms with van der Waals surface area (Å²) < 4.78 is 1.31. The van der Waals surface area contributed by atoms with Crippen LogP contribution < -0.4 is 5.32 Å². The summed E-state index contributed by atoms with van der Waals surface area (Å²) in [5.74, 6) is 0.870. The molecule has 0 saturated carbocycles. The zero-order chi connectivity index (χ0) is 12.1. The first-order valence-corrected chi connectivity index (χ1v) is 7.45. The largest absolute Gasteiger partial charge is 0.312 e. The van der Waals surface area contributed by atoms with Gasteiger partial charge >= 0.3 is 0 Å². The van der Waals surface area contributed by atoms with Gasteiger partial charge in [-0.15, -0.1) is 0 Å². The van der Waals surface area contributed by atoms with Crippen molar-refractivity contribution < 1.29 is 0 Å². The maximum Gasteiger partial charge on any atom is 0.0205 e. The molecule has 0 spiro atoms. The Labute approximate surface area is 118 Å². The molecule has 0 aliphatic carbocycles. The summed E-state index contributed by atoms with van der Waals surface area (Å²) in [6, 6.07) is 8.77. The first-order chi connectivity index (χ1) is 8.24. The van der Waals surface area contributed by atoms with Crippen LogP contribution in [0, 0.1) is 9.49 Å². The van der Waals surface area contributed by atoms with E-state index in [0.717, 1.165) is 12.5 Å². The summed E-state index contributed by atoms with van der Waals surface area (Å²) in [7, 11) is 2.22. The normalized spacial score (nSPS) is 18.5. The molecule has 1 aromatic carbocycles. The van der Waals surface area contributed by atoms with E-state index in [2.05, 4.69) is 64.1 Å². The lowest BCUT2D eigenvalue weighted by Gasteiger charge is -2.29. The summed E-state index contributed by atoms with van der Waals surface area (Å²) in [5, 5.41) is 3.58. The summed E-state index contributed by atoms with van der Waals surface area (Å²) in [4.78, 5) is 2.43. The number of rotatable bonds is 4. The third-order valence-corrected chi connectivity index (χ3v) is 4.23. The van der Waals surface area contributed by atoms with Crippen molar-refractivity contribution in [3.05, 3.63) is 33.4 Å². The fourth-order valence-electron chi connectivity index (χ4n) is 2.29. The van der Waals surface area contributed by atoms with Gasteiger partial charge in [-0.3, -0.25) is 0 Å². The lowest BCUT2D eigenvalue weighted by Crippen LogP contribution is -2.34. The minimum absolute atomic E-state index is 0.870. The third-order valence-electron chi connectivity index (χ3n) is 3.51. The SMILES string of the molecule is CN1CCC(CNCc2ccc(I)cc2)CC1. The van der Waals surface area contributed by atoms with Gasteiger partial charge in [-0.1, -0.05) is 12.1 Å². The van der Waals surface area contributed by atoms with Crippen LogP contribution in [0.25, 0.3) is 0 Å². The molecule has 1 saturated heterocycles. The molecule has 1 aliphatic rings. The lowest BCUT2D eigenvalue weighted by atomic mass is 9.97. The third kappa shape index (κ3) is 4.56. The van der Waals surface area contributed by atoms with E-state index in [1.54, 1.807) is 0 Å². The molecule has 0 bridgehead atoms. The van der Waals surface area contributed by atoms with Gasteiger partial charge in [-0.25, -0.2) is 0 Å². The van der Waals surface area contributed by atoms with Gasteiger partial charge in [0.2, 0.25) is 0 Å². The molecule has 1 aliphatic heterocycles. The second kappa shape index (κ2) is 6.71. The van der Waals surface area contributed by atoms with E-state index < -0.39 is 0 Å². The number of benzene rings is 1. The predicted molar refractivity (Wildman–Crippen MR) is 81.1 cm³/mol. The molecule has 1 heterocycles. The molecule has 0 aromatic heterocycles. The molecule has 1 fully saturated rings. The second-order valence-corrected chi connectivity index (χ2v) is 6.25. The molecule has 0 radical (unpaired) electrons. The number of nitrogens with one attached hydrogen (secondary N) is 1. The van der Waals surface area contributed by atoms with Crippen molar-refractivity contribution >= 4 is 22.6 Å². The molecule has 1 N–H and O–H groups in total. The van der Waals surface area contributed by atoms with Crippen LogP contribution in [0.3, 0.4) is 0 Å². The summed E-state index contributed by atoms with van der Waals surface area (Å²) >= 11 is 2.35. The molecular formula is C14H21IN2. The van der Waals surface area contributed by atoms with Gasteiger partial charge in [-0.05, 0) is 85.7 Å². The van der Waals surface area contributed by atoms with E-state index in [4.69, 9.17) is 0 Å². The van der Waals surface area contributed by atoms with Crippen molar-refractivity contribution in [2.24, 2.45) is 5.92 Å². The highest BCUT2D eigenvalue weighted by molar-refractivity contribution is 14.1. The standard InChI is InChI=1S/C14H21IN2/c1-17-8-6-13(7-9-17)11-16-10-12-2-4-14(15)5-3-12/h2-5,13,16H,6-11H2,1H3. The first-order valence-electron chi connectivity index (χ1n) is 6.38. The van der Waals surface area contributed by atoms with Gasteiger partial charge in [0.15, 0.2) is 0 Å². The number of nitrogens with zero attached hydrogens (tertiary/aromatic N) is 1. The van der Waals surface area contributed by atoms with Crippen LogP contribution in [0.2, 0.25) is 0 Å². The van der Waals surface area contributed by atoms with E-state index in [1.165, 1.54) is 41.6 Å². The topological polar surface area (TPSA) is 15.3 Å². The minimum Gasteiger partial charge on any atom is -0.312 e. The molecule has 0 unspecified atom stereocenters. The smallest absolute Gasteiger partial charge is 0.0205 e. The highest BCUT2D eigenvalue weighted by atomic mass is 127. The molecule has 2 rings (SSSR count). The number of hydrogen-bond acceptors (Lipinski definition) is 2. The Kier molecular flexibility index (Phi) is 5.25. The van der Waals surface area contributed by atoms with Crippen molar-refractivity contribution in [3.8, 4) is 0 Å². The second-order valence-electron chi connectivity index (χ2n) is 5.00. The van der Waals surface area contributed by atoms with Crippen molar-refractivity contribution in [1.29, 1.82) is 0 Å². The zero-order valence-electron chi connectivity index (χ0n) is 10.5. The Morgan fingerprint density at radius 1 is 1.24 bits per heavy atom. The predicted octanol–water partition coefficient (Wildman–Crippen LogP) is 2.72. The summed E-state index contributed by atoms with van der Waals surface area (Å²) in [6.45, 7) is 4.69. The highest BCUT2D eigenvalue weighted by Gasteiger charge is 2.15. The van der Waals surface area contributed by atoms with E-state index in [0.29, 0.717) is 0 Å². The van der Waals surface area contributed by atoms with Gasteiger partial charge in [0.1, 0.15) is 0 Å². The van der Waals surface area contributed by atoms with Gasteiger partial charge in [0.25, 0.3) is 0 Å². The average molecular weight is 344 g/mol. The van der Waals surface area contributed by atoms with Crippen molar-refractivity contribution in [2.45, 2.75) is 19.4 Å². The minimum atomic E-state index is 0.870. The molecule has 17 heavy (non-hydrogen) atoms. The number of piperidine rings is 1. The van der Waals surface area contributed by atoms with Crippen LogP contribution in [0.15, 0.2) is 24.3 Å². The van der Waals surface area contributed by atoms with Crippen LogP contribution in [0.1, 0.15) is 18.4 Å². The van der Waals surface area contributed by atoms with Gasteiger partial charge in [0.05, 0.1) is 0 Å². The molecule has 2 nitrogen and oxygen atoms in total. The lowest BCUT2D eigenvalue weighted by molar-refractivity contribution is 0.216. The Morgan fingerprint density at radius 3 is 2.53 bits per heavy atom. The Bertz CT molecular complexity index is 329. The van der Waals surface area contributed by atoms with Crippen molar-refractivity contribution in [1.82, 2.24) is 10.2 Å². The fourth-order valence-corrected chi connectivity index (χ4v) is 2.65. The van der Waals surface area contributed by atoms with Gasteiger partial charge in [0, 0.05) is 10.1 Å². The summed E-state index contributed by atoms with van der Waals surface area (Å²) in [5.41, 5.74) is 1.39. The van der Waals surface area contributed by atoms with Crippen molar-refractivity contribution in [2.75, 3.05) is 26.7 Å². The van der Waals surface area contributed by atoms with Crippen LogP contribution in [0.5, 0.6) is 0 Å².